The highest BCUT2D eigenvalue weighted by molar-refractivity contribution is 8.03. The molecule has 0 saturated carbocycles. The van der Waals surface area contributed by atoms with Crippen LogP contribution in [0.25, 0.3) is 0 Å². The topological polar surface area (TPSA) is 18.5 Å². The zero-order valence-electron chi connectivity index (χ0n) is 29.8. The van der Waals surface area contributed by atoms with Crippen LogP contribution < -0.4 is 0 Å². The molecule has 0 amide bonds. The number of rotatable bonds is 32. The molecule has 0 aliphatic carbocycles. The summed E-state index contributed by atoms with van der Waals surface area (Å²) in [4.78, 5) is 1.43. The number of hydrogen-bond donors (Lipinski definition) is 0. The van der Waals surface area contributed by atoms with E-state index in [1.807, 2.05) is 0 Å². The SMILES string of the molecule is CCCCCO[Si](CCCCC)(CCCCC)C(CC)SC(CC)[Si](CCCCC)(CCCCC)OCCCCC. The van der Waals surface area contributed by atoms with E-state index in [4.69, 9.17) is 8.85 Å². The predicted molar refractivity (Wildman–Crippen MR) is 196 cm³/mol. The first-order valence-corrected chi connectivity index (χ1v) is 24.7. The van der Waals surface area contributed by atoms with E-state index in [2.05, 4.69) is 67.2 Å². The van der Waals surface area contributed by atoms with E-state index in [9.17, 15) is 0 Å². The summed E-state index contributed by atoms with van der Waals surface area (Å²) in [5, 5.41) is 0. The van der Waals surface area contributed by atoms with Crippen LogP contribution in [0.4, 0.5) is 0 Å². The normalized spacial score (nSPS) is 14.0. The lowest BCUT2D eigenvalue weighted by molar-refractivity contribution is 0.280. The van der Waals surface area contributed by atoms with Gasteiger partial charge in [0.05, 0.1) is 0 Å². The smallest absolute Gasteiger partial charge is 0.205 e. The molecule has 0 spiro atoms. The average molecular weight is 631 g/mol. The lowest BCUT2D eigenvalue weighted by Crippen LogP contribution is -2.54. The third-order valence-corrected chi connectivity index (χ3v) is 23.6. The Morgan fingerprint density at radius 2 is 0.659 bits per heavy atom. The van der Waals surface area contributed by atoms with Crippen LogP contribution in [-0.4, -0.2) is 39.6 Å². The zero-order chi connectivity index (χ0) is 30.7. The van der Waals surface area contributed by atoms with Crippen LogP contribution in [0.5, 0.6) is 0 Å². The summed E-state index contributed by atoms with van der Waals surface area (Å²) in [6.45, 7) is 21.1. The van der Waals surface area contributed by atoms with Crippen LogP contribution in [0.3, 0.4) is 0 Å². The average Bonchev–Trinajstić information content (AvgIpc) is 2.98. The second kappa shape index (κ2) is 28.2. The van der Waals surface area contributed by atoms with Gasteiger partial charge in [0.1, 0.15) is 0 Å². The molecule has 5 heteroatoms. The molecular weight excluding hydrogens is 553 g/mol. The molecule has 0 aliphatic heterocycles. The molecule has 41 heavy (non-hydrogen) atoms. The molecule has 0 radical (unpaired) electrons. The second-order valence-electron chi connectivity index (χ2n) is 13.0. The Hall–Kier alpha value is 0.704. The van der Waals surface area contributed by atoms with Gasteiger partial charge in [0, 0.05) is 23.0 Å². The number of thioether (sulfide) groups is 1. The highest BCUT2D eigenvalue weighted by Crippen LogP contribution is 2.44. The largest absolute Gasteiger partial charge is 0.416 e. The van der Waals surface area contributed by atoms with Crippen molar-refractivity contribution in [2.24, 2.45) is 0 Å². The Balaban J connectivity index is 6.39. The maximum absolute atomic E-state index is 7.34. The van der Waals surface area contributed by atoms with E-state index in [-0.39, 0.29) is 0 Å². The first kappa shape index (κ1) is 41.7. The van der Waals surface area contributed by atoms with Gasteiger partial charge in [-0.2, -0.15) is 11.8 Å². The molecular formula is C36H78O2SSi2. The number of unbranched alkanes of at least 4 members (excludes halogenated alkanes) is 12. The Bertz CT molecular complexity index is 482. The Kier molecular flexibility index (Phi) is 28.7. The summed E-state index contributed by atoms with van der Waals surface area (Å²) in [7, 11) is -3.80. The van der Waals surface area contributed by atoms with E-state index in [1.54, 1.807) is 0 Å². The van der Waals surface area contributed by atoms with Gasteiger partial charge < -0.3 is 8.85 Å². The van der Waals surface area contributed by atoms with Crippen LogP contribution >= 0.6 is 11.8 Å². The summed E-state index contributed by atoms with van der Waals surface area (Å²) in [5.41, 5.74) is 0. The fourth-order valence-electron chi connectivity index (χ4n) is 6.70. The fraction of sp³-hybridized carbons (Fsp3) is 1.00. The third-order valence-electron chi connectivity index (χ3n) is 9.33. The van der Waals surface area contributed by atoms with E-state index < -0.39 is 16.6 Å². The van der Waals surface area contributed by atoms with E-state index in [0.29, 0.717) is 9.75 Å². The van der Waals surface area contributed by atoms with Gasteiger partial charge in [-0.3, -0.25) is 0 Å². The summed E-state index contributed by atoms with van der Waals surface area (Å²) < 4.78 is 14.7. The summed E-state index contributed by atoms with van der Waals surface area (Å²) in [6, 6.07) is 5.54. The molecule has 0 aromatic carbocycles. The van der Waals surface area contributed by atoms with E-state index in [0.717, 1.165) is 13.2 Å². The molecule has 0 rings (SSSR count). The van der Waals surface area contributed by atoms with Crippen molar-refractivity contribution in [3.05, 3.63) is 0 Å². The van der Waals surface area contributed by atoms with Gasteiger partial charge in [-0.15, -0.1) is 0 Å². The molecule has 0 aromatic rings. The standard InChI is InChI=1S/C36H78O2SSi2/c1-9-17-23-29-37-40(31-25-19-11-3,32-26-20-12-4)35(15-7)39-36(16-8)41(33-27-21-13-5,34-28-22-14-6)38-30-24-18-10-2/h35-36H,9-34H2,1-8H3. The molecule has 0 N–H and O–H groups in total. The fourth-order valence-corrected chi connectivity index (χ4v) is 21.4. The Morgan fingerprint density at radius 3 is 0.902 bits per heavy atom. The highest BCUT2D eigenvalue weighted by atomic mass is 32.2. The van der Waals surface area contributed by atoms with E-state index in [1.165, 1.54) is 153 Å². The van der Waals surface area contributed by atoms with Gasteiger partial charge in [-0.05, 0) is 49.9 Å². The second-order valence-corrected chi connectivity index (χ2v) is 23.5. The minimum Gasteiger partial charge on any atom is -0.416 e. The lowest BCUT2D eigenvalue weighted by Gasteiger charge is -2.44. The molecule has 2 atom stereocenters. The minimum absolute atomic E-state index is 0.714. The zero-order valence-corrected chi connectivity index (χ0v) is 32.6. The van der Waals surface area contributed by atoms with Crippen molar-refractivity contribution < 1.29 is 8.85 Å². The van der Waals surface area contributed by atoms with Gasteiger partial charge in [-0.25, -0.2) is 0 Å². The Labute approximate surface area is 267 Å². The van der Waals surface area contributed by atoms with Crippen molar-refractivity contribution in [2.45, 2.75) is 218 Å². The van der Waals surface area contributed by atoms with Gasteiger partial charge in [0.15, 0.2) is 0 Å². The summed E-state index contributed by atoms with van der Waals surface area (Å²) in [6.07, 6.45) is 26.5. The molecule has 0 heterocycles. The molecule has 248 valence electrons. The summed E-state index contributed by atoms with van der Waals surface area (Å²) >= 11 is 2.44. The van der Waals surface area contributed by atoms with Gasteiger partial charge in [0.25, 0.3) is 0 Å². The lowest BCUT2D eigenvalue weighted by atomic mass is 10.3. The van der Waals surface area contributed by atoms with Crippen molar-refractivity contribution in [1.82, 2.24) is 0 Å². The molecule has 0 saturated heterocycles. The van der Waals surface area contributed by atoms with Crippen molar-refractivity contribution in [1.29, 1.82) is 0 Å². The molecule has 0 aromatic heterocycles. The van der Waals surface area contributed by atoms with Crippen molar-refractivity contribution in [3.63, 3.8) is 0 Å². The van der Waals surface area contributed by atoms with Gasteiger partial charge in [-0.1, -0.05) is 158 Å². The first-order valence-electron chi connectivity index (χ1n) is 18.9. The van der Waals surface area contributed by atoms with Crippen LogP contribution in [-0.2, 0) is 8.85 Å². The van der Waals surface area contributed by atoms with Crippen molar-refractivity contribution in [3.8, 4) is 0 Å². The summed E-state index contributed by atoms with van der Waals surface area (Å²) in [5.74, 6) is 0. The molecule has 0 bridgehead atoms. The molecule has 2 nitrogen and oxygen atoms in total. The van der Waals surface area contributed by atoms with Gasteiger partial charge >= 0.3 is 0 Å². The quantitative estimate of drug-likeness (QED) is 0.0544. The molecule has 0 fully saturated rings. The number of hydrogen-bond acceptors (Lipinski definition) is 3. The Morgan fingerprint density at radius 1 is 0.390 bits per heavy atom. The maximum Gasteiger partial charge on any atom is 0.205 e. The van der Waals surface area contributed by atoms with Crippen LogP contribution in [0.2, 0.25) is 24.2 Å². The van der Waals surface area contributed by atoms with E-state index >= 15 is 0 Å². The third kappa shape index (κ3) is 17.7. The first-order chi connectivity index (χ1) is 20.0. The monoisotopic (exact) mass is 631 g/mol. The molecule has 2 unspecified atom stereocenters. The molecule has 0 aliphatic rings. The highest BCUT2D eigenvalue weighted by Gasteiger charge is 2.48. The van der Waals surface area contributed by atoms with Crippen LogP contribution in [0.15, 0.2) is 0 Å². The van der Waals surface area contributed by atoms with Crippen molar-refractivity contribution in [2.75, 3.05) is 13.2 Å². The van der Waals surface area contributed by atoms with Gasteiger partial charge in [0.2, 0.25) is 16.6 Å². The predicted octanol–water partition coefficient (Wildman–Crippen LogP) is 13.4. The van der Waals surface area contributed by atoms with Crippen molar-refractivity contribution >= 4 is 28.4 Å². The van der Waals surface area contributed by atoms with Crippen LogP contribution in [0, 0.1) is 0 Å². The maximum atomic E-state index is 7.34. The minimum atomic E-state index is -1.90. The van der Waals surface area contributed by atoms with Crippen LogP contribution in [0.1, 0.15) is 184 Å².